The van der Waals surface area contributed by atoms with E-state index >= 15 is 0 Å². The van der Waals surface area contributed by atoms with Gasteiger partial charge in [-0.3, -0.25) is 14.4 Å². The molecule has 0 unspecified atom stereocenters. The van der Waals surface area contributed by atoms with Gasteiger partial charge in [0.05, 0.1) is 12.0 Å². The lowest BCUT2D eigenvalue weighted by Gasteiger charge is -2.15. The summed E-state index contributed by atoms with van der Waals surface area (Å²) in [6, 6.07) is 3.50. The van der Waals surface area contributed by atoms with Gasteiger partial charge in [0.15, 0.2) is 0 Å². The van der Waals surface area contributed by atoms with Crippen LogP contribution in [0.25, 0.3) is 0 Å². The van der Waals surface area contributed by atoms with Gasteiger partial charge >= 0.3 is 5.97 Å². The maximum atomic E-state index is 11.6. The number of esters is 1. The minimum absolute atomic E-state index is 0.0891. The zero-order valence-corrected chi connectivity index (χ0v) is 11.7. The Hall–Kier alpha value is -1.89. The van der Waals surface area contributed by atoms with Crippen molar-refractivity contribution in [2.24, 2.45) is 0 Å². The minimum atomic E-state index is -0.474. The summed E-state index contributed by atoms with van der Waals surface area (Å²) in [6.45, 7) is 0.148. The molecule has 0 aliphatic rings. The van der Waals surface area contributed by atoms with Crippen molar-refractivity contribution in [2.45, 2.75) is 6.42 Å². The van der Waals surface area contributed by atoms with Gasteiger partial charge in [-0.15, -0.1) is 11.3 Å². The molecule has 0 spiro atoms. The summed E-state index contributed by atoms with van der Waals surface area (Å²) in [5.74, 6) is -0.895. The minimum Gasteiger partial charge on any atom is -0.468 e. The van der Waals surface area contributed by atoms with Gasteiger partial charge in [0, 0.05) is 20.0 Å². The second-order valence-corrected chi connectivity index (χ2v) is 4.76. The highest BCUT2D eigenvalue weighted by molar-refractivity contribution is 7.12. The smallest absolute Gasteiger partial charge is 0.325 e. The van der Waals surface area contributed by atoms with Crippen molar-refractivity contribution in [1.82, 2.24) is 10.2 Å². The maximum absolute atomic E-state index is 11.6. The number of carbonyl (C=O) groups excluding carboxylic acids is 3. The van der Waals surface area contributed by atoms with Crippen LogP contribution >= 0.6 is 11.3 Å². The van der Waals surface area contributed by atoms with Crippen LogP contribution in [0.5, 0.6) is 0 Å². The van der Waals surface area contributed by atoms with Gasteiger partial charge in [-0.25, -0.2) is 0 Å². The van der Waals surface area contributed by atoms with E-state index in [2.05, 4.69) is 10.1 Å². The summed E-state index contributed by atoms with van der Waals surface area (Å²) < 4.78 is 4.46. The highest BCUT2D eigenvalue weighted by Crippen LogP contribution is 2.07. The Morgan fingerprint density at radius 2 is 2.16 bits per heavy atom. The summed E-state index contributed by atoms with van der Waals surface area (Å²) in [7, 11) is 2.78. The van der Waals surface area contributed by atoms with Crippen molar-refractivity contribution in [1.29, 1.82) is 0 Å². The number of hydrogen-bond acceptors (Lipinski definition) is 5. The number of carbonyl (C=O) groups is 3. The van der Waals surface area contributed by atoms with Crippen LogP contribution in [-0.2, 0) is 14.3 Å². The number of ether oxygens (including phenoxy) is 1. The third-order valence-corrected chi connectivity index (χ3v) is 3.26. The Morgan fingerprint density at radius 1 is 1.42 bits per heavy atom. The number of likely N-dealkylation sites (N-methyl/N-ethyl adjacent to an activating group) is 1. The molecule has 6 nitrogen and oxygen atoms in total. The summed E-state index contributed by atoms with van der Waals surface area (Å²) in [6.07, 6.45) is 0.143. The number of nitrogens with one attached hydrogen (secondary N) is 1. The molecule has 0 atom stereocenters. The largest absolute Gasteiger partial charge is 0.468 e. The normalized spacial score (nSPS) is 9.79. The average molecular weight is 284 g/mol. The Kier molecular flexibility index (Phi) is 6.01. The number of methoxy groups -OCH3 is 1. The van der Waals surface area contributed by atoms with Gasteiger partial charge in [0.25, 0.3) is 5.91 Å². The van der Waals surface area contributed by atoms with E-state index in [0.29, 0.717) is 4.88 Å². The zero-order valence-electron chi connectivity index (χ0n) is 10.8. The average Bonchev–Trinajstić information content (AvgIpc) is 2.92. The fourth-order valence-corrected chi connectivity index (χ4v) is 1.96. The maximum Gasteiger partial charge on any atom is 0.325 e. The Bertz CT molecular complexity index is 445. The van der Waals surface area contributed by atoms with E-state index in [1.165, 1.54) is 30.4 Å². The molecule has 1 N–H and O–H groups in total. The molecule has 104 valence electrons. The predicted molar refractivity (Wildman–Crippen MR) is 70.9 cm³/mol. The van der Waals surface area contributed by atoms with E-state index in [9.17, 15) is 14.4 Å². The number of amides is 2. The van der Waals surface area contributed by atoms with E-state index in [1.54, 1.807) is 12.1 Å². The lowest BCUT2D eigenvalue weighted by atomic mass is 10.3. The third kappa shape index (κ3) is 5.09. The Labute approximate surface area is 115 Å². The van der Waals surface area contributed by atoms with Gasteiger partial charge in [0.2, 0.25) is 5.91 Å². The van der Waals surface area contributed by atoms with Gasteiger partial charge in [-0.1, -0.05) is 6.07 Å². The molecule has 1 aromatic heterocycles. The molecule has 0 radical (unpaired) electrons. The van der Waals surface area contributed by atoms with Gasteiger partial charge in [-0.2, -0.15) is 0 Å². The summed E-state index contributed by atoms with van der Waals surface area (Å²) >= 11 is 1.34. The highest BCUT2D eigenvalue weighted by atomic mass is 32.1. The van der Waals surface area contributed by atoms with E-state index in [4.69, 9.17) is 0 Å². The summed E-state index contributed by atoms with van der Waals surface area (Å²) in [5.41, 5.74) is 0. The molecule has 0 fully saturated rings. The Balaban J connectivity index is 2.27. The van der Waals surface area contributed by atoms with Crippen LogP contribution in [0.15, 0.2) is 17.5 Å². The number of hydrogen-bond donors (Lipinski definition) is 1. The molecule has 19 heavy (non-hydrogen) atoms. The van der Waals surface area contributed by atoms with Crippen molar-refractivity contribution >= 4 is 29.1 Å². The topological polar surface area (TPSA) is 75.7 Å². The van der Waals surface area contributed by atoms with Crippen LogP contribution in [0.4, 0.5) is 0 Å². The monoisotopic (exact) mass is 284 g/mol. The molecule has 1 aromatic rings. The van der Waals surface area contributed by atoms with Crippen molar-refractivity contribution in [2.75, 3.05) is 27.2 Å². The first-order chi connectivity index (χ1) is 9.04. The standard InChI is InChI=1S/C12H16N2O4S/c1-14(8-11(16)18-2)10(15)5-6-13-12(17)9-4-3-7-19-9/h3-4,7H,5-6,8H2,1-2H3,(H,13,17). The van der Waals surface area contributed by atoms with Gasteiger partial charge in [0.1, 0.15) is 6.54 Å². The van der Waals surface area contributed by atoms with E-state index in [-0.39, 0.29) is 31.3 Å². The SMILES string of the molecule is COC(=O)CN(C)C(=O)CCNC(=O)c1cccs1. The van der Waals surface area contributed by atoms with E-state index in [0.717, 1.165) is 0 Å². The predicted octanol–water partition coefficient (Wildman–Crippen LogP) is 0.499. The molecule has 0 aromatic carbocycles. The van der Waals surface area contributed by atoms with Gasteiger partial charge in [-0.05, 0) is 11.4 Å². The molecule has 0 saturated carbocycles. The molecule has 2 amide bonds. The molecule has 0 aliphatic carbocycles. The van der Waals surface area contributed by atoms with Crippen molar-refractivity contribution in [3.63, 3.8) is 0 Å². The zero-order chi connectivity index (χ0) is 14.3. The molecule has 7 heteroatoms. The lowest BCUT2D eigenvalue weighted by Crippen LogP contribution is -2.35. The molecule has 0 aliphatic heterocycles. The lowest BCUT2D eigenvalue weighted by molar-refractivity contribution is -0.146. The quantitative estimate of drug-likeness (QED) is 0.772. The van der Waals surface area contributed by atoms with Crippen LogP contribution in [0, 0.1) is 0 Å². The molecular weight excluding hydrogens is 268 g/mol. The van der Waals surface area contributed by atoms with Crippen LogP contribution < -0.4 is 5.32 Å². The molecule has 1 rings (SSSR count). The molecule has 0 bridgehead atoms. The highest BCUT2D eigenvalue weighted by Gasteiger charge is 2.13. The fraction of sp³-hybridized carbons (Fsp3) is 0.417. The number of thiophene rings is 1. The van der Waals surface area contributed by atoms with Crippen LogP contribution in [-0.4, -0.2) is 49.9 Å². The molecule has 1 heterocycles. The third-order valence-electron chi connectivity index (χ3n) is 2.39. The van der Waals surface area contributed by atoms with E-state index < -0.39 is 5.97 Å². The summed E-state index contributed by atoms with van der Waals surface area (Å²) in [4.78, 5) is 36.1. The molecule has 0 saturated heterocycles. The van der Waals surface area contributed by atoms with Crippen molar-refractivity contribution < 1.29 is 19.1 Å². The van der Waals surface area contributed by atoms with Crippen molar-refractivity contribution in [3.8, 4) is 0 Å². The van der Waals surface area contributed by atoms with E-state index in [1.807, 2.05) is 5.38 Å². The van der Waals surface area contributed by atoms with Gasteiger partial charge < -0.3 is 15.0 Å². The first-order valence-corrected chi connectivity index (χ1v) is 6.55. The fourth-order valence-electron chi connectivity index (χ4n) is 1.32. The summed E-state index contributed by atoms with van der Waals surface area (Å²) in [5, 5.41) is 4.46. The number of rotatable bonds is 6. The van der Waals surface area contributed by atoms with Crippen LogP contribution in [0.3, 0.4) is 0 Å². The second kappa shape index (κ2) is 7.52. The first kappa shape index (κ1) is 15.2. The van der Waals surface area contributed by atoms with Crippen molar-refractivity contribution in [3.05, 3.63) is 22.4 Å². The van der Waals surface area contributed by atoms with Crippen LogP contribution in [0.1, 0.15) is 16.1 Å². The first-order valence-electron chi connectivity index (χ1n) is 5.67. The molecular formula is C12H16N2O4S. The Morgan fingerprint density at radius 3 is 2.74 bits per heavy atom. The van der Waals surface area contributed by atoms with Crippen LogP contribution in [0.2, 0.25) is 0 Å². The second-order valence-electron chi connectivity index (χ2n) is 3.81. The number of nitrogens with zero attached hydrogens (tertiary/aromatic N) is 1.